The maximum absolute atomic E-state index is 14.0. The summed E-state index contributed by atoms with van der Waals surface area (Å²) in [5, 5.41) is 0. The minimum atomic E-state index is -0.374. The van der Waals surface area contributed by atoms with Gasteiger partial charge in [0, 0.05) is 6.42 Å². The Balaban J connectivity index is 0.000000956. The predicted molar refractivity (Wildman–Crippen MR) is 81.6 cm³/mol. The van der Waals surface area contributed by atoms with Crippen LogP contribution in [0.25, 0.3) is 0 Å². The van der Waals surface area contributed by atoms with Crippen LogP contribution in [0.5, 0.6) is 0 Å². The third-order valence-corrected chi connectivity index (χ3v) is 2.97. The van der Waals surface area contributed by atoms with Gasteiger partial charge in [0.1, 0.15) is 5.82 Å². The Morgan fingerprint density at radius 2 is 1.65 bits per heavy atom. The average molecular weight is 272 g/mol. The normalized spacial score (nSPS) is 9.60. The fourth-order valence-corrected chi connectivity index (χ4v) is 1.94. The zero-order chi connectivity index (χ0) is 15.0. The van der Waals surface area contributed by atoms with Crippen LogP contribution < -0.4 is 0 Å². The van der Waals surface area contributed by atoms with Crippen LogP contribution in [0.3, 0.4) is 0 Å². The largest absolute Gasteiger partial charge is 0.294 e. The molecule has 0 atom stereocenters. The smallest absolute Gasteiger partial charge is 0.170 e. The van der Waals surface area contributed by atoms with Crippen molar-refractivity contribution in [1.29, 1.82) is 0 Å². The van der Waals surface area contributed by atoms with Gasteiger partial charge < -0.3 is 0 Å². The van der Waals surface area contributed by atoms with Crippen molar-refractivity contribution >= 4 is 5.78 Å². The molecule has 1 nitrogen and oxygen atoms in total. The van der Waals surface area contributed by atoms with Crippen molar-refractivity contribution in [3.8, 4) is 0 Å². The van der Waals surface area contributed by atoms with Gasteiger partial charge in [-0.3, -0.25) is 4.79 Å². The van der Waals surface area contributed by atoms with E-state index in [4.69, 9.17) is 0 Å². The highest BCUT2D eigenvalue weighted by atomic mass is 19.1. The molecule has 0 aliphatic carbocycles. The molecule has 0 N–H and O–H groups in total. The Morgan fingerprint density at radius 3 is 2.25 bits per heavy atom. The lowest BCUT2D eigenvalue weighted by molar-refractivity contribution is 0.0989. The second-order valence-corrected chi connectivity index (χ2v) is 4.22. The van der Waals surface area contributed by atoms with E-state index in [0.717, 1.165) is 5.56 Å². The molecule has 0 saturated heterocycles. The molecule has 0 aliphatic rings. The number of ketones is 1. The minimum absolute atomic E-state index is 0.172. The van der Waals surface area contributed by atoms with E-state index < -0.39 is 0 Å². The lowest BCUT2D eigenvalue weighted by atomic mass is 10.00. The lowest BCUT2D eigenvalue weighted by Crippen LogP contribution is -2.07. The number of benzene rings is 2. The van der Waals surface area contributed by atoms with Gasteiger partial charge in [-0.25, -0.2) is 4.39 Å². The first-order valence-corrected chi connectivity index (χ1v) is 7.07. The number of rotatable bonds is 4. The Kier molecular flexibility index (Phi) is 6.65. The molecule has 106 valence electrons. The number of carbonyl (C=O) groups is 1. The van der Waals surface area contributed by atoms with E-state index in [1.165, 1.54) is 0 Å². The van der Waals surface area contributed by atoms with E-state index in [1.807, 2.05) is 51.1 Å². The van der Waals surface area contributed by atoms with Crippen LogP contribution in [0.15, 0.2) is 48.5 Å². The van der Waals surface area contributed by atoms with Crippen LogP contribution in [0, 0.1) is 5.82 Å². The van der Waals surface area contributed by atoms with Gasteiger partial charge in [-0.15, -0.1) is 0 Å². The third-order valence-electron chi connectivity index (χ3n) is 2.97. The van der Waals surface area contributed by atoms with Crippen LogP contribution in [-0.4, -0.2) is 5.78 Å². The Bertz CT molecular complexity index is 547. The molecule has 0 amide bonds. The summed E-state index contributed by atoms with van der Waals surface area (Å²) in [4.78, 5) is 12.1. The molecule has 2 rings (SSSR count). The average Bonchev–Trinajstić information content (AvgIpc) is 2.50. The molecule has 0 unspecified atom stereocenters. The molecule has 0 bridgehead atoms. The first-order valence-electron chi connectivity index (χ1n) is 7.07. The number of halogens is 1. The summed E-state index contributed by atoms with van der Waals surface area (Å²) < 4.78 is 14.0. The van der Waals surface area contributed by atoms with Gasteiger partial charge in [0.2, 0.25) is 0 Å². The monoisotopic (exact) mass is 272 g/mol. The SMILES string of the molecule is CC.CCc1cccc(C(=O)Cc2ccccc2)c1F. The predicted octanol–water partition coefficient (Wildman–Crippen LogP) is 4.84. The van der Waals surface area contributed by atoms with Crippen LogP contribution in [-0.2, 0) is 12.8 Å². The molecule has 20 heavy (non-hydrogen) atoms. The van der Waals surface area contributed by atoms with Crippen LogP contribution in [0.4, 0.5) is 4.39 Å². The van der Waals surface area contributed by atoms with Crippen molar-refractivity contribution in [2.75, 3.05) is 0 Å². The Hall–Kier alpha value is -1.96. The Morgan fingerprint density at radius 1 is 1.00 bits per heavy atom. The first kappa shape index (κ1) is 16.1. The maximum atomic E-state index is 14.0. The standard InChI is InChI=1S/C16H15FO.C2H6/c1-2-13-9-6-10-14(16(13)17)15(18)11-12-7-4-3-5-8-12;1-2/h3-10H,2,11H2,1H3;1-2H3. The van der Waals surface area contributed by atoms with Gasteiger partial charge in [-0.2, -0.15) is 0 Å². The molecule has 0 aliphatic heterocycles. The molecule has 0 aromatic heterocycles. The molecule has 0 spiro atoms. The highest BCUT2D eigenvalue weighted by molar-refractivity contribution is 5.97. The minimum Gasteiger partial charge on any atom is -0.294 e. The summed E-state index contributed by atoms with van der Waals surface area (Å²) in [6.45, 7) is 5.88. The molecule has 2 aromatic rings. The fraction of sp³-hybridized carbons (Fsp3) is 0.278. The van der Waals surface area contributed by atoms with Gasteiger partial charge >= 0.3 is 0 Å². The van der Waals surface area contributed by atoms with Crippen LogP contribution >= 0.6 is 0 Å². The zero-order valence-electron chi connectivity index (χ0n) is 12.3. The maximum Gasteiger partial charge on any atom is 0.170 e. The Labute approximate surface area is 120 Å². The van der Waals surface area contributed by atoms with E-state index >= 15 is 0 Å². The summed E-state index contributed by atoms with van der Waals surface area (Å²) in [5.74, 6) is -0.546. The molecule has 0 radical (unpaired) electrons. The third kappa shape index (κ3) is 4.02. The van der Waals surface area contributed by atoms with Gasteiger partial charge in [-0.05, 0) is 23.6 Å². The van der Waals surface area contributed by atoms with Crippen molar-refractivity contribution in [3.63, 3.8) is 0 Å². The topological polar surface area (TPSA) is 17.1 Å². The van der Waals surface area contributed by atoms with Crippen molar-refractivity contribution in [2.24, 2.45) is 0 Å². The fourth-order valence-electron chi connectivity index (χ4n) is 1.94. The molecule has 0 fully saturated rings. The van der Waals surface area contributed by atoms with E-state index in [0.29, 0.717) is 12.0 Å². The second-order valence-electron chi connectivity index (χ2n) is 4.22. The molecule has 0 heterocycles. The van der Waals surface area contributed by atoms with Crippen molar-refractivity contribution in [2.45, 2.75) is 33.6 Å². The number of Topliss-reactive ketones (excluding diaryl/α,β-unsaturated/α-hetero) is 1. The summed E-state index contributed by atoms with van der Waals surface area (Å²) >= 11 is 0. The highest BCUT2D eigenvalue weighted by Gasteiger charge is 2.14. The summed E-state index contributed by atoms with van der Waals surface area (Å²) in [6, 6.07) is 14.4. The van der Waals surface area contributed by atoms with E-state index in [-0.39, 0.29) is 23.6 Å². The molecule has 2 aromatic carbocycles. The van der Waals surface area contributed by atoms with E-state index in [1.54, 1.807) is 18.2 Å². The molecule has 0 saturated carbocycles. The van der Waals surface area contributed by atoms with Crippen LogP contribution in [0.1, 0.15) is 42.3 Å². The number of carbonyl (C=O) groups excluding carboxylic acids is 1. The second kappa shape index (κ2) is 8.26. The van der Waals surface area contributed by atoms with Crippen LogP contribution in [0.2, 0.25) is 0 Å². The van der Waals surface area contributed by atoms with E-state index in [9.17, 15) is 9.18 Å². The van der Waals surface area contributed by atoms with Crippen molar-refractivity contribution in [1.82, 2.24) is 0 Å². The molecular formula is C18H21FO. The van der Waals surface area contributed by atoms with Gasteiger partial charge in [0.15, 0.2) is 5.78 Å². The molecule has 2 heteroatoms. The van der Waals surface area contributed by atoms with Crippen molar-refractivity contribution < 1.29 is 9.18 Å². The first-order chi connectivity index (χ1) is 9.72. The van der Waals surface area contributed by atoms with Gasteiger partial charge in [0.05, 0.1) is 5.56 Å². The number of hydrogen-bond donors (Lipinski definition) is 0. The number of aryl methyl sites for hydroxylation is 1. The quantitative estimate of drug-likeness (QED) is 0.728. The highest BCUT2D eigenvalue weighted by Crippen LogP contribution is 2.16. The zero-order valence-corrected chi connectivity index (χ0v) is 12.3. The molecular weight excluding hydrogens is 251 g/mol. The summed E-state index contributed by atoms with van der Waals surface area (Å²) in [5.41, 5.74) is 1.69. The summed E-state index contributed by atoms with van der Waals surface area (Å²) in [6.07, 6.45) is 0.837. The van der Waals surface area contributed by atoms with E-state index in [2.05, 4.69) is 0 Å². The van der Waals surface area contributed by atoms with Gasteiger partial charge in [0.25, 0.3) is 0 Å². The van der Waals surface area contributed by atoms with Crippen molar-refractivity contribution in [3.05, 3.63) is 71.0 Å². The lowest BCUT2D eigenvalue weighted by Gasteiger charge is -2.06. The summed E-state index contributed by atoms with van der Waals surface area (Å²) in [7, 11) is 0. The van der Waals surface area contributed by atoms with Gasteiger partial charge in [-0.1, -0.05) is 63.2 Å². The number of hydrogen-bond acceptors (Lipinski definition) is 1.